The van der Waals surface area contributed by atoms with E-state index in [0.29, 0.717) is 25.5 Å². The summed E-state index contributed by atoms with van der Waals surface area (Å²) in [7, 11) is 3.67. The van der Waals surface area contributed by atoms with Gasteiger partial charge in [0.05, 0.1) is 6.61 Å². The van der Waals surface area contributed by atoms with Crippen LogP contribution in [0.15, 0.2) is 12.4 Å². The van der Waals surface area contributed by atoms with Crippen molar-refractivity contribution in [2.24, 2.45) is 5.92 Å². The highest BCUT2D eigenvalue weighted by atomic mass is 16.5. The molecular weight excluding hydrogens is 268 g/mol. The first kappa shape index (κ1) is 15.7. The van der Waals surface area contributed by atoms with Crippen LogP contribution >= 0.6 is 0 Å². The molecule has 1 amide bonds. The Morgan fingerprint density at radius 3 is 3.00 bits per heavy atom. The van der Waals surface area contributed by atoms with E-state index >= 15 is 0 Å². The number of methoxy groups -OCH3 is 1. The zero-order valence-corrected chi connectivity index (χ0v) is 13.1. The highest BCUT2D eigenvalue weighted by Crippen LogP contribution is 2.22. The number of nitrogens with zero attached hydrogens (tertiary/aromatic N) is 4. The lowest BCUT2D eigenvalue weighted by atomic mass is 10.0. The fourth-order valence-electron chi connectivity index (χ4n) is 2.57. The molecular formula is C15H24N4O2. The summed E-state index contributed by atoms with van der Waals surface area (Å²) in [4.78, 5) is 24.5. The third kappa shape index (κ3) is 4.14. The SMILES string of the molecule is CCN(C)c1cc(C[C@@H]2CC(=O)N(CCOC)C2)ncn1. The average molecular weight is 292 g/mol. The molecule has 0 aromatic carbocycles. The van der Waals surface area contributed by atoms with Crippen LogP contribution in [0.3, 0.4) is 0 Å². The third-order valence-corrected chi connectivity index (χ3v) is 3.93. The first-order valence-electron chi connectivity index (χ1n) is 7.42. The number of rotatable bonds is 7. The van der Waals surface area contributed by atoms with E-state index in [4.69, 9.17) is 4.74 Å². The van der Waals surface area contributed by atoms with Gasteiger partial charge in [0.25, 0.3) is 0 Å². The molecule has 1 atom stereocenters. The lowest BCUT2D eigenvalue weighted by Gasteiger charge is -2.17. The zero-order valence-electron chi connectivity index (χ0n) is 13.1. The van der Waals surface area contributed by atoms with Gasteiger partial charge in [-0.1, -0.05) is 0 Å². The Bertz CT molecular complexity index is 480. The van der Waals surface area contributed by atoms with Crippen LogP contribution in [0.2, 0.25) is 0 Å². The summed E-state index contributed by atoms with van der Waals surface area (Å²) in [6, 6.07) is 2.02. The maximum Gasteiger partial charge on any atom is 0.223 e. The molecule has 116 valence electrons. The highest BCUT2D eigenvalue weighted by molar-refractivity contribution is 5.78. The number of amides is 1. The maximum atomic E-state index is 11.9. The number of anilines is 1. The Kier molecular flexibility index (Phi) is 5.50. The summed E-state index contributed by atoms with van der Waals surface area (Å²) in [6.07, 6.45) is 3.03. The van der Waals surface area contributed by atoms with E-state index in [1.54, 1.807) is 13.4 Å². The number of ether oxygens (including phenoxy) is 1. The molecule has 2 rings (SSSR count). The van der Waals surface area contributed by atoms with Crippen LogP contribution in [-0.4, -0.2) is 61.2 Å². The van der Waals surface area contributed by atoms with Crippen molar-refractivity contribution in [2.75, 3.05) is 45.3 Å². The van der Waals surface area contributed by atoms with Crippen molar-refractivity contribution in [3.8, 4) is 0 Å². The molecule has 0 bridgehead atoms. The average Bonchev–Trinajstić information content (AvgIpc) is 2.84. The van der Waals surface area contributed by atoms with E-state index < -0.39 is 0 Å². The van der Waals surface area contributed by atoms with Crippen LogP contribution in [0.5, 0.6) is 0 Å². The van der Waals surface area contributed by atoms with Crippen molar-refractivity contribution in [3.63, 3.8) is 0 Å². The van der Waals surface area contributed by atoms with Gasteiger partial charge in [-0.05, 0) is 19.3 Å². The van der Waals surface area contributed by atoms with Crippen molar-refractivity contribution < 1.29 is 9.53 Å². The fourth-order valence-corrected chi connectivity index (χ4v) is 2.57. The Morgan fingerprint density at radius 2 is 2.29 bits per heavy atom. The minimum absolute atomic E-state index is 0.219. The van der Waals surface area contributed by atoms with Gasteiger partial charge in [-0.3, -0.25) is 4.79 Å². The molecule has 0 radical (unpaired) electrons. The van der Waals surface area contributed by atoms with Crippen molar-refractivity contribution in [2.45, 2.75) is 19.8 Å². The molecule has 1 fully saturated rings. The van der Waals surface area contributed by atoms with E-state index in [2.05, 4.69) is 21.8 Å². The molecule has 1 aliphatic rings. The summed E-state index contributed by atoms with van der Waals surface area (Å²) >= 11 is 0. The number of aromatic nitrogens is 2. The van der Waals surface area contributed by atoms with Gasteiger partial charge in [-0.25, -0.2) is 9.97 Å². The van der Waals surface area contributed by atoms with Crippen LogP contribution < -0.4 is 4.90 Å². The topological polar surface area (TPSA) is 58.6 Å². The van der Waals surface area contributed by atoms with Gasteiger partial charge in [-0.2, -0.15) is 0 Å². The molecule has 1 aromatic rings. The monoisotopic (exact) mass is 292 g/mol. The Hall–Kier alpha value is -1.69. The van der Waals surface area contributed by atoms with E-state index in [1.807, 2.05) is 18.0 Å². The smallest absolute Gasteiger partial charge is 0.223 e. The zero-order chi connectivity index (χ0) is 15.2. The van der Waals surface area contributed by atoms with Gasteiger partial charge in [0, 0.05) is 52.0 Å². The molecule has 0 spiro atoms. The van der Waals surface area contributed by atoms with E-state index in [1.165, 1.54) is 0 Å². The third-order valence-electron chi connectivity index (χ3n) is 3.93. The molecule has 1 aliphatic heterocycles. The molecule has 0 aliphatic carbocycles. The van der Waals surface area contributed by atoms with Gasteiger partial charge < -0.3 is 14.5 Å². The molecule has 2 heterocycles. The molecule has 6 nitrogen and oxygen atoms in total. The maximum absolute atomic E-state index is 11.9. The van der Waals surface area contributed by atoms with E-state index in [-0.39, 0.29) is 5.91 Å². The molecule has 1 saturated heterocycles. The van der Waals surface area contributed by atoms with Crippen molar-refractivity contribution >= 4 is 11.7 Å². The second kappa shape index (κ2) is 7.36. The summed E-state index contributed by atoms with van der Waals surface area (Å²) in [5.41, 5.74) is 1.01. The lowest BCUT2D eigenvalue weighted by Crippen LogP contribution is -2.29. The number of hydrogen-bond donors (Lipinski definition) is 0. The van der Waals surface area contributed by atoms with Crippen molar-refractivity contribution in [1.29, 1.82) is 0 Å². The van der Waals surface area contributed by atoms with Gasteiger partial charge in [0.1, 0.15) is 12.1 Å². The molecule has 0 unspecified atom stereocenters. The summed E-state index contributed by atoms with van der Waals surface area (Å²) in [5.74, 6) is 1.49. The van der Waals surface area contributed by atoms with Gasteiger partial charge in [0.15, 0.2) is 0 Å². The number of carbonyl (C=O) groups is 1. The molecule has 0 saturated carbocycles. The molecule has 1 aromatic heterocycles. The predicted octanol–water partition coefficient (Wildman–Crippen LogP) is 0.970. The van der Waals surface area contributed by atoms with Crippen LogP contribution in [-0.2, 0) is 16.0 Å². The van der Waals surface area contributed by atoms with Gasteiger partial charge >= 0.3 is 0 Å². The number of hydrogen-bond acceptors (Lipinski definition) is 5. The molecule has 6 heteroatoms. The van der Waals surface area contributed by atoms with E-state index in [0.717, 1.165) is 31.0 Å². The van der Waals surface area contributed by atoms with Gasteiger partial charge in [-0.15, -0.1) is 0 Å². The van der Waals surface area contributed by atoms with E-state index in [9.17, 15) is 4.79 Å². The quantitative estimate of drug-likeness (QED) is 0.749. The minimum Gasteiger partial charge on any atom is -0.383 e. The Morgan fingerprint density at radius 1 is 1.48 bits per heavy atom. The minimum atomic E-state index is 0.219. The van der Waals surface area contributed by atoms with Crippen LogP contribution in [0.4, 0.5) is 5.82 Å². The van der Waals surface area contributed by atoms with Gasteiger partial charge in [0.2, 0.25) is 5.91 Å². The highest BCUT2D eigenvalue weighted by Gasteiger charge is 2.29. The van der Waals surface area contributed by atoms with Crippen molar-refractivity contribution in [3.05, 3.63) is 18.1 Å². The lowest BCUT2D eigenvalue weighted by molar-refractivity contribution is -0.128. The Balaban J connectivity index is 1.95. The van der Waals surface area contributed by atoms with Crippen LogP contribution in [0.25, 0.3) is 0 Å². The first-order chi connectivity index (χ1) is 10.1. The fraction of sp³-hybridized carbons (Fsp3) is 0.667. The summed E-state index contributed by atoms with van der Waals surface area (Å²) < 4.78 is 5.04. The second-order valence-electron chi connectivity index (χ2n) is 5.49. The predicted molar refractivity (Wildman–Crippen MR) is 81.2 cm³/mol. The van der Waals surface area contributed by atoms with Crippen molar-refractivity contribution in [1.82, 2.24) is 14.9 Å². The van der Waals surface area contributed by atoms with Crippen LogP contribution in [0.1, 0.15) is 19.0 Å². The second-order valence-corrected chi connectivity index (χ2v) is 5.49. The summed E-state index contributed by atoms with van der Waals surface area (Å²) in [5, 5.41) is 0. The summed E-state index contributed by atoms with van der Waals surface area (Å²) in [6.45, 7) is 5.07. The largest absolute Gasteiger partial charge is 0.383 e. The molecule has 0 N–H and O–H groups in total. The first-order valence-corrected chi connectivity index (χ1v) is 7.42. The molecule has 21 heavy (non-hydrogen) atoms. The Labute approximate surface area is 126 Å². The number of likely N-dealkylation sites (tertiary alicyclic amines) is 1. The normalized spacial score (nSPS) is 18.3. The van der Waals surface area contributed by atoms with Crippen LogP contribution in [0, 0.1) is 5.92 Å². The number of carbonyl (C=O) groups excluding carboxylic acids is 1. The standard InChI is InChI=1S/C15H24N4O2/c1-4-18(2)14-9-13(16-11-17-14)7-12-8-15(20)19(10-12)5-6-21-3/h9,11-12H,4-8,10H2,1-3H3/t12-/m1/s1.